The maximum absolute atomic E-state index is 12.3. The Hall–Kier alpha value is -2.69. The monoisotopic (exact) mass is 351 g/mol. The van der Waals surface area contributed by atoms with E-state index in [1.807, 2.05) is 48.5 Å². The molecular weight excluding hydrogens is 334 g/mol. The van der Waals surface area contributed by atoms with Crippen LogP contribution in [-0.4, -0.2) is 17.4 Å². The fraction of sp³-hybridized carbons (Fsp3) is 0.100. The van der Waals surface area contributed by atoms with Gasteiger partial charge in [-0.2, -0.15) is 0 Å². The van der Waals surface area contributed by atoms with E-state index >= 15 is 0 Å². The van der Waals surface area contributed by atoms with Crippen molar-refractivity contribution in [3.8, 4) is 0 Å². The predicted molar refractivity (Wildman–Crippen MR) is 101 cm³/mol. The van der Waals surface area contributed by atoms with Gasteiger partial charge in [-0.15, -0.1) is 0 Å². The molecule has 1 amide bonds. The van der Waals surface area contributed by atoms with Gasteiger partial charge in [0.2, 0.25) is 5.91 Å². The highest BCUT2D eigenvalue weighted by molar-refractivity contribution is 6.30. The smallest absolute Gasteiger partial charge is 0.238 e. The molecule has 1 unspecified atom stereocenters. The molecule has 25 heavy (non-hydrogen) atoms. The van der Waals surface area contributed by atoms with Gasteiger partial charge in [0.15, 0.2) is 0 Å². The van der Waals surface area contributed by atoms with Gasteiger partial charge in [-0.05, 0) is 35.9 Å². The molecule has 4 nitrogen and oxygen atoms in total. The number of benzene rings is 2. The Morgan fingerprint density at radius 1 is 1.00 bits per heavy atom. The van der Waals surface area contributed by atoms with Crippen LogP contribution in [0.5, 0.6) is 0 Å². The molecule has 3 aromatic rings. The van der Waals surface area contributed by atoms with Crippen LogP contribution >= 0.6 is 11.6 Å². The Morgan fingerprint density at radius 3 is 2.52 bits per heavy atom. The van der Waals surface area contributed by atoms with Gasteiger partial charge in [-0.25, -0.2) is 0 Å². The van der Waals surface area contributed by atoms with E-state index in [-0.39, 0.29) is 18.5 Å². The van der Waals surface area contributed by atoms with Gasteiger partial charge in [0, 0.05) is 16.9 Å². The topological polar surface area (TPSA) is 54.0 Å². The molecule has 2 N–H and O–H groups in total. The molecule has 0 bridgehead atoms. The lowest BCUT2D eigenvalue weighted by molar-refractivity contribution is -0.115. The molecule has 5 heteroatoms. The van der Waals surface area contributed by atoms with Gasteiger partial charge in [0.1, 0.15) is 0 Å². The molecule has 0 spiro atoms. The van der Waals surface area contributed by atoms with E-state index in [0.29, 0.717) is 10.7 Å². The van der Waals surface area contributed by atoms with Crippen LogP contribution in [-0.2, 0) is 4.79 Å². The summed E-state index contributed by atoms with van der Waals surface area (Å²) < 4.78 is 0. The third kappa shape index (κ3) is 4.89. The molecule has 0 saturated heterocycles. The van der Waals surface area contributed by atoms with Crippen LogP contribution in [0.4, 0.5) is 5.69 Å². The van der Waals surface area contributed by atoms with Crippen LogP contribution < -0.4 is 10.6 Å². The third-order valence-corrected chi connectivity index (χ3v) is 3.93. The zero-order valence-corrected chi connectivity index (χ0v) is 14.3. The van der Waals surface area contributed by atoms with Crippen molar-refractivity contribution >= 4 is 23.2 Å². The Bertz CT molecular complexity index is 785. The Kier molecular flexibility index (Phi) is 5.77. The zero-order chi connectivity index (χ0) is 17.5. The second-order valence-corrected chi connectivity index (χ2v) is 5.97. The first-order valence-corrected chi connectivity index (χ1v) is 8.35. The van der Waals surface area contributed by atoms with E-state index in [4.69, 9.17) is 11.6 Å². The van der Waals surface area contributed by atoms with Crippen LogP contribution in [0.3, 0.4) is 0 Å². The quantitative estimate of drug-likeness (QED) is 0.704. The predicted octanol–water partition coefficient (Wildman–Crippen LogP) is 4.05. The molecule has 0 aliphatic heterocycles. The van der Waals surface area contributed by atoms with Gasteiger partial charge in [-0.1, -0.05) is 54.1 Å². The summed E-state index contributed by atoms with van der Waals surface area (Å²) in [5, 5.41) is 6.70. The number of carbonyl (C=O) groups excluding carboxylic acids is 1. The summed E-state index contributed by atoms with van der Waals surface area (Å²) >= 11 is 5.94. The summed E-state index contributed by atoms with van der Waals surface area (Å²) in [5.41, 5.74) is 2.59. The number of halogens is 1. The third-order valence-electron chi connectivity index (χ3n) is 3.69. The van der Waals surface area contributed by atoms with E-state index in [0.717, 1.165) is 11.3 Å². The maximum Gasteiger partial charge on any atom is 0.238 e. The average Bonchev–Trinajstić information content (AvgIpc) is 2.64. The summed E-state index contributed by atoms with van der Waals surface area (Å²) in [6.45, 7) is 0.155. The van der Waals surface area contributed by atoms with Crippen molar-refractivity contribution in [2.75, 3.05) is 11.9 Å². The van der Waals surface area contributed by atoms with Crippen molar-refractivity contribution in [1.82, 2.24) is 10.3 Å². The van der Waals surface area contributed by atoms with Gasteiger partial charge < -0.3 is 5.32 Å². The molecule has 1 atom stereocenters. The molecule has 126 valence electrons. The van der Waals surface area contributed by atoms with E-state index < -0.39 is 0 Å². The molecule has 0 radical (unpaired) electrons. The van der Waals surface area contributed by atoms with E-state index in [1.54, 1.807) is 30.5 Å². The number of hydrogen-bond donors (Lipinski definition) is 2. The van der Waals surface area contributed by atoms with Crippen molar-refractivity contribution < 1.29 is 4.79 Å². The van der Waals surface area contributed by atoms with Gasteiger partial charge in [-0.3, -0.25) is 15.1 Å². The van der Waals surface area contributed by atoms with E-state index in [2.05, 4.69) is 15.6 Å². The number of anilines is 1. The Balaban J connectivity index is 1.70. The number of nitrogens with one attached hydrogen (secondary N) is 2. The fourth-order valence-electron chi connectivity index (χ4n) is 2.55. The van der Waals surface area contributed by atoms with Crippen molar-refractivity contribution in [1.29, 1.82) is 0 Å². The van der Waals surface area contributed by atoms with Crippen LogP contribution in [0.2, 0.25) is 5.02 Å². The zero-order valence-electron chi connectivity index (χ0n) is 13.5. The maximum atomic E-state index is 12.3. The standard InChI is InChI=1S/C20H18ClN3O/c21-16-9-6-10-17(13-16)24-19(25)14-23-20(15-7-2-1-3-8-15)18-11-4-5-12-22-18/h1-13,20,23H,14H2,(H,24,25). The molecule has 1 heterocycles. The van der Waals surface area contributed by atoms with Crippen LogP contribution in [0.1, 0.15) is 17.3 Å². The summed E-state index contributed by atoms with van der Waals surface area (Å²) in [5.74, 6) is -0.140. The number of hydrogen-bond acceptors (Lipinski definition) is 3. The summed E-state index contributed by atoms with van der Waals surface area (Å²) in [6.07, 6.45) is 1.75. The normalized spacial score (nSPS) is 11.7. The van der Waals surface area contributed by atoms with Crippen LogP contribution in [0.25, 0.3) is 0 Å². The summed E-state index contributed by atoms with van der Waals surface area (Å²) in [6, 6.07) is 22.6. The molecule has 3 rings (SSSR count). The van der Waals surface area contributed by atoms with Crippen molar-refractivity contribution in [3.63, 3.8) is 0 Å². The number of aromatic nitrogens is 1. The highest BCUT2D eigenvalue weighted by Gasteiger charge is 2.16. The second kappa shape index (κ2) is 8.42. The molecule has 0 aliphatic rings. The highest BCUT2D eigenvalue weighted by Crippen LogP contribution is 2.20. The minimum Gasteiger partial charge on any atom is -0.325 e. The first-order chi connectivity index (χ1) is 12.2. The lowest BCUT2D eigenvalue weighted by atomic mass is 10.0. The van der Waals surface area contributed by atoms with Crippen LogP contribution in [0, 0.1) is 0 Å². The van der Waals surface area contributed by atoms with Crippen LogP contribution in [0.15, 0.2) is 79.0 Å². The number of pyridine rings is 1. The average molecular weight is 352 g/mol. The van der Waals surface area contributed by atoms with Crippen molar-refractivity contribution in [2.45, 2.75) is 6.04 Å². The Morgan fingerprint density at radius 2 is 1.80 bits per heavy atom. The molecule has 0 saturated carbocycles. The first kappa shape index (κ1) is 17.1. The molecule has 0 aliphatic carbocycles. The van der Waals surface area contributed by atoms with Gasteiger partial charge in [0.05, 0.1) is 18.3 Å². The number of amides is 1. The van der Waals surface area contributed by atoms with Crippen molar-refractivity contribution in [2.24, 2.45) is 0 Å². The minimum atomic E-state index is -0.160. The lowest BCUT2D eigenvalue weighted by Crippen LogP contribution is -2.32. The lowest BCUT2D eigenvalue weighted by Gasteiger charge is -2.18. The van der Waals surface area contributed by atoms with E-state index in [1.165, 1.54) is 0 Å². The highest BCUT2D eigenvalue weighted by atomic mass is 35.5. The number of rotatable bonds is 6. The summed E-state index contributed by atoms with van der Waals surface area (Å²) in [7, 11) is 0. The fourth-order valence-corrected chi connectivity index (χ4v) is 2.74. The first-order valence-electron chi connectivity index (χ1n) is 7.97. The van der Waals surface area contributed by atoms with Gasteiger partial charge >= 0.3 is 0 Å². The minimum absolute atomic E-state index is 0.140. The molecule has 2 aromatic carbocycles. The molecule has 0 fully saturated rings. The van der Waals surface area contributed by atoms with E-state index in [9.17, 15) is 4.79 Å². The Labute approximate surface area is 151 Å². The molecular formula is C20H18ClN3O. The summed E-state index contributed by atoms with van der Waals surface area (Å²) in [4.78, 5) is 16.7. The SMILES string of the molecule is O=C(CNC(c1ccccc1)c1ccccn1)Nc1cccc(Cl)c1. The second-order valence-electron chi connectivity index (χ2n) is 5.54. The number of carbonyl (C=O) groups is 1. The number of nitrogens with zero attached hydrogens (tertiary/aromatic N) is 1. The van der Waals surface area contributed by atoms with Crippen molar-refractivity contribution in [3.05, 3.63) is 95.3 Å². The largest absolute Gasteiger partial charge is 0.325 e. The molecule has 1 aromatic heterocycles. The van der Waals surface area contributed by atoms with Gasteiger partial charge in [0.25, 0.3) is 0 Å².